The van der Waals surface area contributed by atoms with Crippen molar-refractivity contribution in [3.05, 3.63) is 35.9 Å². The number of carbonyl (C=O) groups is 1. The average molecular weight is 297 g/mol. The highest BCUT2D eigenvalue weighted by molar-refractivity contribution is 5.85. The number of nitrogens with one attached hydrogen (secondary N) is 2. The van der Waals surface area contributed by atoms with Crippen LogP contribution in [0.15, 0.2) is 30.3 Å². The summed E-state index contributed by atoms with van der Waals surface area (Å²) >= 11 is 0. The van der Waals surface area contributed by atoms with E-state index in [1.54, 1.807) is 0 Å². The Morgan fingerprint density at radius 2 is 2.15 bits per heavy atom. The summed E-state index contributed by atoms with van der Waals surface area (Å²) in [6.07, 6.45) is 2.92. The van der Waals surface area contributed by atoms with Crippen molar-refractivity contribution >= 4 is 18.3 Å². The van der Waals surface area contributed by atoms with Crippen molar-refractivity contribution in [1.29, 1.82) is 0 Å². The fraction of sp³-hybridized carbons (Fsp3) is 0.562. The van der Waals surface area contributed by atoms with Crippen LogP contribution < -0.4 is 10.6 Å². The number of hydrogen-bond donors (Lipinski definition) is 2. The van der Waals surface area contributed by atoms with E-state index in [1.807, 2.05) is 18.2 Å². The standard InChI is InChI=1S/C16H24N2O.ClH/c1-13(15-5-3-2-4-6-15)11-16(19)18-10-8-14-7-9-17-12-14;/h2-6,13-14,17H,7-12H2,1H3,(H,18,19);1H. The van der Waals surface area contributed by atoms with Crippen LogP contribution in [0.4, 0.5) is 0 Å². The van der Waals surface area contributed by atoms with E-state index >= 15 is 0 Å². The van der Waals surface area contributed by atoms with Crippen LogP contribution in [0.1, 0.15) is 37.7 Å². The van der Waals surface area contributed by atoms with Crippen molar-refractivity contribution < 1.29 is 4.79 Å². The lowest BCUT2D eigenvalue weighted by atomic mass is 9.97. The smallest absolute Gasteiger partial charge is 0.220 e. The number of benzene rings is 1. The predicted octanol–water partition coefficient (Wildman–Crippen LogP) is 2.72. The van der Waals surface area contributed by atoms with Crippen LogP contribution in [0.25, 0.3) is 0 Å². The molecule has 2 N–H and O–H groups in total. The molecule has 2 atom stereocenters. The minimum Gasteiger partial charge on any atom is -0.356 e. The van der Waals surface area contributed by atoms with Crippen molar-refractivity contribution in [1.82, 2.24) is 10.6 Å². The molecule has 0 radical (unpaired) electrons. The highest BCUT2D eigenvalue weighted by Crippen LogP contribution is 2.18. The molecule has 1 aliphatic heterocycles. The Morgan fingerprint density at radius 1 is 1.40 bits per heavy atom. The van der Waals surface area contributed by atoms with Gasteiger partial charge in [-0.05, 0) is 43.3 Å². The fourth-order valence-corrected chi connectivity index (χ4v) is 2.63. The molecule has 1 amide bonds. The zero-order valence-corrected chi connectivity index (χ0v) is 12.9. The molecule has 1 heterocycles. The highest BCUT2D eigenvalue weighted by Gasteiger charge is 2.15. The molecule has 1 aromatic rings. The molecule has 0 aromatic heterocycles. The molecular formula is C16H25ClN2O. The molecule has 3 nitrogen and oxygen atoms in total. The minimum absolute atomic E-state index is 0. The number of carbonyl (C=O) groups excluding carboxylic acids is 1. The summed E-state index contributed by atoms with van der Waals surface area (Å²) in [6, 6.07) is 10.2. The zero-order valence-electron chi connectivity index (χ0n) is 12.1. The van der Waals surface area contributed by atoms with Crippen LogP contribution in [0.5, 0.6) is 0 Å². The van der Waals surface area contributed by atoms with Gasteiger partial charge in [0.05, 0.1) is 0 Å². The van der Waals surface area contributed by atoms with Gasteiger partial charge in [0.1, 0.15) is 0 Å². The molecule has 4 heteroatoms. The maximum absolute atomic E-state index is 11.9. The topological polar surface area (TPSA) is 41.1 Å². The quantitative estimate of drug-likeness (QED) is 0.847. The third-order valence-electron chi connectivity index (χ3n) is 3.90. The van der Waals surface area contributed by atoms with Gasteiger partial charge in [-0.2, -0.15) is 0 Å². The summed E-state index contributed by atoms with van der Waals surface area (Å²) in [5.41, 5.74) is 1.23. The Balaban J connectivity index is 0.00000200. The molecule has 1 aromatic carbocycles. The first-order valence-corrected chi connectivity index (χ1v) is 7.28. The van der Waals surface area contributed by atoms with Crippen molar-refractivity contribution in [2.75, 3.05) is 19.6 Å². The van der Waals surface area contributed by atoms with Crippen molar-refractivity contribution in [2.45, 2.75) is 32.1 Å². The van der Waals surface area contributed by atoms with Crippen LogP contribution in [-0.2, 0) is 4.79 Å². The minimum atomic E-state index is 0. The largest absolute Gasteiger partial charge is 0.356 e. The number of amides is 1. The molecule has 20 heavy (non-hydrogen) atoms. The molecule has 112 valence electrons. The summed E-state index contributed by atoms with van der Waals surface area (Å²) in [6.45, 7) is 5.16. The average Bonchev–Trinajstić information content (AvgIpc) is 2.93. The van der Waals surface area contributed by atoms with Gasteiger partial charge in [-0.3, -0.25) is 4.79 Å². The van der Waals surface area contributed by atoms with E-state index in [0.29, 0.717) is 6.42 Å². The van der Waals surface area contributed by atoms with Crippen LogP contribution in [0.2, 0.25) is 0 Å². The lowest BCUT2D eigenvalue weighted by molar-refractivity contribution is -0.121. The van der Waals surface area contributed by atoms with E-state index in [1.165, 1.54) is 12.0 Å². The van der Waals surface area contributed by atoms with Crippen LogP contribution in [0, 0.1) is 5.92 Å². The Bertz CT molecular complexity index is 391. The van der Waals surface area contributed by atoms with Gasteiger partial charge < -0.3 is 10.6 Å². The molecule has 2 unspecified atom stereocenters. The van der Waals surface area contributed by atoms with Crippen molar-refractivity contribution in [2.24, 2.45) is 5.92 Å². The Kier molecular flexibility index (Phi) is 7.63. The summed E-state index contributed by atoms with van der Waals surface area (Å²) in [5.74, 6) is 1.20. The Labute approximate surface area is 127 Å². The Morgan fingerprint density at radius 3 is 2.80 bits per heavy atom. The van der Waals surface area contributed by atoms with Gasteiger partial charge in [-0.25, -0.2) is 0 Å². The van der Waals surface area contributed by atoms with Crippen LogP contribution >= 0.6 is 12.4 Å². The van der Waals surface area contributed by atoms with Crippen molar-refractivity contribution in [3.63, 3.8) is 0 Å². The van der Waals surface area contributed by atoms with E-state index in [2.05, 4.69) is 29.7 Å². The Hall–Kier alpha value is -1.06. The van der Waals surface area contributed by atoms with Gasteiger partial charge in [-0.1, -0.05) is 37.3 Å². The molecule has 1 fully saturated rings. The van der Waals surface area contributed by atoms with Crippen LogP contribution in [0.3, 0.4) is 0 Å². The van der Waals surface area contributed by atoms with Gasteiger partial charge in [0.15, 0.2) is 0 Å². The van der Waals surface area contributed by atoms with Gasteiger partial charge in [-0.15, -0.1) is 12.4 Å². The summed E-state index contributed by atoms with van der Waals surface area (Å²) in [4.78, 5) is 11.9. The van der Waals surface area contributed by atoms with Gasteiger partial charge >= 0.3 is 0 Å². The lowest BCUT2D eigenvalue weighted by Crippen LogP contribution is -2.27. The van der Waals surface area contributed by atoms with E-state index in [-0.39, 0.29) is 24.2 Å². The van der Waals surface area contributed by atoms with E-state index in [9.17, 15) is 4.79 Å². The third-order valence-corrected chi connectivity index (χ3v) is 3.90. The number of halogens is 1. The predicted molar refractivity (Wildman–Crippen MR) is 85.3 cm³/mol. The first-order chi connectivity index (χ1) is 9.25. The SMILES string of the molecule is CC(CC(=O)NCCC1CCNC1)c1ccccc1.Cl. The summed E-state index contributed by atoms with van der Waals surface area (Å²) in [7, 11) is 0. The number of hydrogen-bond acceptors (Lipinski definition) is 2. The molecule has 1 saturated heterocycles. The maximum atomic E-state index is 11.9. The number of rotatable bonds is 6. The van der Waals surface area contributed by atoms with Crippen molar-refractivity contribution in [3.8, 4) is 0 Å². The third kappa shape index (κ3) is 5.51. The molecule has 2 rings (SSSR count). The molecule has 1 aliphatic rings. The van der Waals surface area contributed by atoms with Gasteiger partial charge in [0.25, 0.3) is 0 Å². The molecule has 0 bridgehead atoms. The second kappa shape index (κ2) is 8.98. The summed E-state index contributed by atoms with van der Waals surface area (Å²) < 4.78 is 0. The molecule has 0 spiro atoms. The van der Waals surface area contributed by atoms with E-state index < -0.39 is 0 Å². The molecular weight excluding hydrogens is 272 g/mol. The maximum Gasteiger partial charge on any atom is 0.220 e. The lowest BCUT2D eigenvalue weighted by Gasteiger charge is -2.13. The second-order valence-corrected chi connectivity index (χ2v) is 5.51. The fourth-order valence-electron chi connectivity index (χ4n) is 2.63. The van der Waals surface area contributed by atoms with Gasteiger partial charge in [0.2, 0.25) is 5.91 Å². The molecule has 0 saturated carbocycles. The molecule has 0 aliphatic carbocycles. The van der Waals surface area contributed by atoms with Crippen LogP contribution in [-0.4, -0.2) is 25.5 Å². The first kappa shape index (κ1) is 17.0. The highest BCUT2D eigenvalue weighted by atomic mass is 35.5. The second-order valence-electron chi connectivity index (χ2n) is 5.51. The van der Waals surface area contributed by atoms with E-state index in [4.69, 9.17) is 0 Å². The monoisotopic (exact) mass is 296 g/mol. The zero-order chi connectivity index (χ0) is 13.5. The van der Waals surface area contributed by atoms with Gasteiger partial charge in [0, 0.05) is 13.0 Å². The summed E-state index contributed by atoms with van der Waals surface area (Å²) in [5, 5.41) is 6.39. The van der Waals surface area contributed by atoms with E-state index in [0.717, 1.165) is 32.0 Å². The normalized spacial score (nSPS) is 19.1. The first-order valence-electron chi connectivity index (χ1n) is 7.28.